The second-order valence-electron chi connectivity index (χ2n) is 5.78. The number of hydrogen-bond acceptors (Lipinski definition) is 3. The fourth-order valence-electron chi connectivity index (χ4n) is 2.69. The van der Waals surface area contributed by atoms with E-state index in [1.54, 1.807) is 11.0 Å². The van der Waals surface area contributed by atoms with Gasteiger partial charge in [0.15, 0.2) is 0 Å². The minimum absolute atomic E-state index is 0.00278. The van der Waals surface area contributed by atoms with Gasteiger partial charge >= 0.3 is 0 Å². The van der Waals surface area contributed by atoms with Crippen molar-refractivity contribution in [1.82, 2.24) is 14.7 Å². The van der Waals surface area contributed by atoms with Gasteiger partial charge in [0, 0.05) is 44.7 Å². The molecule has 0 saturated carbocycles. The summed E-state index contributed by atoms with van der Waals surface area (Å²) in [4.78, 5) is 30.1. The first kappa shape index (κ1) is 17.8. The van der Waals surface area contributed by atoms with Gasteiger partial charge in [-0.25, -0.2) is 0 Å². The second kappa shape index (κ2) is 8.31. The summed E-state index contributed by atoms with van der Waals surface area (Å²) in [5, 5.41) is 0.614. The Hall–Kier alpha value is -1.59. The third-order valence-corrected chi connectivity index (χ3v) is 4.63. The summed E-state index contributed by atoms with van der Waals surface area (Å²) in [6.45, 7) is 8.32. The van der Waals surface area contributed by atoms with E-state index in [4.69, 9.17) is 11.6 Å². The molecule has 0 aliphatic carbocycles. The highest BCUT2D eigenvalue weighted by atomic mass is 35.5. The standard InChI is InChI=1S/C17H24ClN3O2/c1-3-19-8-10-20(11-9-19)17(23)13-21(14(2)22)12-15-6-4-5-7-16(15)18/h4-7H,3,8-13H2,1-2H3. The van der Waals surface area contributed by atoms with Crippen LogP contribution in [0.4, 0.5) is 0 Å². The van der Waals surface area contributed by atoms with Crippen molar-refractivity contribution < 1.29 is 9.59 Å². The maximum absolute atomic E-state index is 12.5. The minimum Gasteiger partial charge on any atom is -0.339 e. The maximum atomic E-state index is 12.5. The third kappa shape index (κ3) is 4.94. The van der Waals surface area contributed by atoms with Crippen LogP contribution in [0.5, 0.6) is 0 Å². The van der Waals surface area contributed by atoms with E-state index in [0.29, 0.717) is 11.6 Å². The molecule has 0 radical (unpaired) electrons. The molecule has 0 N–H and O–H groups in total. The van der Waals surface area contributed by atoms with Gasteiger partial charge in [0.05, 0.1) is 0 Å². The van der Waals surface area contributed by atoms with Gasteiger partial charge in [-0.1, -0.05) is 36.7 Å². The molecule has 2 rings (SSSR count). The van der Waals surface area contributed by atoms with Crippen molar-refractivity contribution in [2.75, 3.05) is 39.3 Å². The summed E-state index contributed by atoms with van der Waals surface area (Å²) >= 11 is 6.15. The van der Waals surface area contributed by atoms with Crippen molar-refractivity contribution in [2.24, 2.45) is 0 Å². The van der Waals surface area contributed by atoms with Crippen molar-refractivity contribution >= 4 is 23.4 Å². The molecule has 23 heavy (non-hydrogen) atoms. The lowest BCUT2D eigenvalue weighted by Crippen LogP contribution is -2.51. The average Bonchev–Trinajstić information content (AvgIpc) is 2.56. The van der Waals surface area contributed by atoms with Gasteiger partial charge in [-0.3, -0.25) is 9.59 Å². The summed E-state index contributed by atoms with van der Waals surface area (Å²) < 4.78 is 0. The number of nitrogens with zero attached hydrogens (tertiary/aromatic N) is 3. The van der Waals surface area contributed by atoms with Crippen LogP contribution in [0.2, 0.25) is 5.02 Å². The van der Waals surface area contributed by atoms with E-state index in [2.05, 4.69) is 11.8 Å². The highest BCUT2D eigenvalue weighted by Crippen LogP contribution is 2.17. The summed E-state index contributed by atoms with van der Waals surface area (Å²) in [5.41, 5.74) is 0.855. The molecule has 1 aromatic carbocycles. The van der Waals surface area contributed by atoms with Gasteiger partial charge < -0.3 is 14.7 Å². The van der Waals surface area contributed by atoms with E-state index in [1.807, 2.05) is 23.1 Å². The Balaban J connectivity index is 1.96. The lowest BCUT2D eigenvalue weighted by Gasteiger charge is -2.35. The molecule has 1 aliphatic rings. The van der Waals surface area contributed by atoms with Crippen LogP contribution >= 0.6 is 11.6 Å². The Labute approximate surface area is 142 Å². The quantitative estimate of drug-likeness (QED) is 0.823. The molecule has 126 valence electrons. The number of carbonyl (C=O) groups excluding carboxylic acids is 2. The Morgan fingerprint density at radius 3 is 2.39 bits per heavy atom. The normalized spacial score (nSPS) is 15.5. The minimum atomic E-state index is -0.120. The van der Waals surface area contributed by atoms with Crippen molar-refractivity contribution in [3.8, 4) is 0 Å². The van der Waals surface area contributed by atoms with E-state index in [0.717, 1.165) is 38.3 Å². The topological polar surface area (TPSA) is 43.9 Å². The van der Waals surface area contributed by atoms with Crippen molar-refractivity contribution in [2.45, 2.75) is 20.4 Å². The van der Waals surface area contributed by atoms with Gasteiger partial charge in [-0.2, -0.15) is 0 Å². The van der Waals surface area contributed by atoms with Crippen LogP contribution in [-0.2, 0) is 16.1 Å². The molecular formula is C17H24ClN3O2. The van der Waals surface area contributed by atoms with Crippen LogP contribution < -0.4 is 0 Å². The molecule has 1 aromatic rings. The largest absolute Gasteiger partial charge is 0.339 e. The molecule has 1 fully saturated rings. The Morgan fingerprint density at radius 1 is 1.17 bits per heavy atom. The molecule has 1 aliphatic heterocycles. The second-order valence-corrected chi connectivity index (χ2v) is 6.19. The molecule has 2 amide bonds. The van der Waals surface area contributed by atoms with E-state index in [-0.39, 0.29) is 18.4 Å². The fourth-order valence-corrected chi connectivity index (χ4v) is 2.88. The zero-order chi connectivity index (χ0) is 16.8. The molecule has 0 spiro atoms. The van der Waals surface area contributed by atoms with Crippen molar-refractivity contribution in [3.05, 3.63) is 34.9 Å². The number of hydrogen-bond donors (Lipinski definition) is 0. The Kier molecular flexibility index (Phi) is 6.42. The van der Waals surface area contributed by atoms with E-state index in [9.17, 15) is 9.59 Å². The first-order valence-electron chi connectivity index (χ1n) is 8.00. The van der Waals surface area contributed by atoms with E-state index in [1.165, 1.54) is 6.92 Å². The van der Waals surface area contributed by atoms with E-state index < -0.39 is 0 Å². The van der Waals surface area contributed by atoms with Gasteiger partial charge in [-0.05, 0) is 18.2 Å². The fraction of sp³-hybridized carbons (Fsp3) is 0.529. The molecular weight excluding hydrogens is 314 g/mol. The molecule has 0 aromatic heterocycles. The molecule has 0 bridgehead atoms. The lowest BCUT2D eigenvalue weighted by molar-refractivity contribution is -0.140. The Bertz CT molecular complexity index is 557. The van der Waals surface area contributed by atoms with Crippen LogP contribution in [0.15, 0.2) is 24.3 Å². The molecule has 0 atom stereocenters. The number of amides is 2. The molecule has 6 heteroatoms. The van der Waals surface area contributed by atoms with Crippen molar-refractivity contribution in [3.63, 3.8) is 0 Å². The van der Waals surface area contributed by atoms with Crippen LogP contribution in [0.3, 0.4) is 0 Å². The Morgan fingerprint density at radius 2 is 1.83 bits per heavy atom. The SMILES string of the molecule is CCN1CCN(C(=O)CN(Cc2ccccc2Cl)C(C)=O)CC1. The van der Waals surface area contributed by atoms with E-state index >= 15 is 0 Å². The van der Waals surface area contributed by atoms with Gasteiger partial charge in [0.25, 0.3) is 0 Å². The lowest BCUT2D eigenvalue weighted by atomic mass is 10.2. The summed E-state index contributed by atoms with van der Waals surface area (Å²) in [6, 6.07) is 7.40. The highest BCUT2D eigenvalue weighted by Gasteiger charge is 2.23. The summed E-state index contributed by atoms with van der Waals surface area (Å²) in [5.74, 6) is -0.117. The number of halogens is 1. The van der Waals surface area contributed by atoms with Gasteiger partial charge in [0.1, 0.15) is 6.54 Å². The average molecular weight is 338 g/mol. The monoisotopic (exact) mass is 337 g/mol. The molecule has 5 nitrogen and oxygen atoms in total. The summed E-state index contributed by atoms with van der Waals surface area (Å²) in [7, 11) is 0. The number of piperazine rings is 1. The predicted octanol–water partition coefficient (Wildman–Crippen LogP) is 1.85. The third-order valence-electron chi connectivity index (χ3n) is 4.26. The summed E-state index contributed by atoms with van der Waals surface area (Å²) in [6.07, 6.45) is 0. The van der Waals surface area contributed by atoms with Gasteiger partial charge in [0.2, 0.25) is 11.8 Å². The van der Waals surface area contributed by atoms with Crippen LogP contribution in [0.25, 0.3) is 0 Å². The van der Waals surface area contributed by atoms with Crippen LogP contribution in [0, 0.1) is 0 Å². The molecule has 1 heterocycles. The zero-order valence-corrected chi connectivity index (χ0v) is 14.6. The maximum Gasteiger partial charge on any atom is 0.242 e. The first-order chi connectivity index (χ1) is 11.0. The number of benzene rings is 1. The molecule has 1 saturated heterocycles. The van der Waals surface area contributed by atoms with Crippen LogP contribution in [0.1, 0.15) is 19.4 Å². The highest BCUT2D eigenvalue weighted by molar-refractivity contribution is 6.31. The number of carbonyl (C=O) groups is 2. The first-order valence-corrected chi connectivity index (χ1v) is 8.38. The molecule has 0 unspecified atom stereocenters. The zero-order valence-electron chi connectivity index (χ0n) is 13.8. The number of likely N-dealkylation sites (N-methyl/N-ethyl adjacent to an activating group) is 1. The van der Waals surface area contributed by atoms with Crippen molar-refractivity contribution in [1.29, 1.82) is 0 Å². The van der Waals surface area contributed by atoms with Gasteiger partial charge in [-0.15, -0.1) is 0 Å². The smallest absolute Gasteiger partial charge is 0.242 e. The predicted molar refractivity (Wildman–Crippen MR) is 91.2 cm³/mol. The van der Waals surface area contributed by atoms with Crippen LogP contribution in [-0.4, -0.2) is 65.8 Å². The number of rotatable bonds is 5.